The van der Waals surface area contributed by atoms with Crippen LogP contribution in [0.1, 0.15) is 30.0 Å². The Hall–Kier alpha value is -0.860. The van der Waals surface area contributed by atoms with Crippen molar-refractivity contribution in [2.45, 2.75) is 25.3 Å². The van der Waals surface area contributed by atoms with Gasteiger partial charge in [0.2, 0.25) is 0 Å². The Labute approximate surface area is 90.3 Å². The van der Waals surface area contributed by atoms with Crippen LogP contribution in [0.4, 0.5) is 0 Å². The number of rotatable bonds is 1. The number of aliphatic hydroxyl groups excluding tert-OH is 1. The summed E-state index contributed by atoms with van der Waals surface area (Å²) >= 11 is 0. The molecule has 0 unspecified atom stereocenters. The van der Waals surface area contributed by atoms with Gasteiger partial charge in [0.15, 0.2) is 0 Å². The average Bonchev–Trinajstić information content (AvgIpc) is 2.64. The van der Waals surface area contributed by atoms with E-state index in [0.717, 1.165) is 19.4 Å². The molecule has 3 rings (SSSR count). The summed E-state index contributed by atoms with van der Waals surface area (Å²) in [7, 11) is 0. The maximum Gasteiger partial charge on any atom is 0.0508 e. The highest BCUT2D eigenvalue weighted by Gasteiger charge is 2.46. The van der Waals surface area contributed by atoms with E-state index in [1.165, 1.54) is 17.5 Å². The predicted molar refractivity (Wildman–Crippen MR) is 59.6 cm³/mol. The van der Waals surface area contributed by atoms with E-state index in [2.05, 4.69) is 29.6 Å². The summed E-state index contributed by atoms with van der Waals surface area (Å²) in [4.78, 5) is 0. The Morgan fingerprint density at radius 3 is 3.13 bits per heavy atom. The van der Waals surface area contributed by atoms with Crippen molar-refractivity contribution >= 4 is 0 Å². The molecule has 1 aliphatic carbocycles. The molecule has 2 nitrogen and oxygen atoms in total. The summed E-state index contributed by atoms with van der Waals surface area (Å²) in [5.41, 5.74) is 2.92. The average molecular weight is 203 g/mol. The van der Waals surface area contributed by atoms with Crippen molar-refractivity contribution < 1.29 is 5.11 Å². The second-order valence-corrected chi connectivity index (χ2v) is 4.89. The van der Waals surface area contributed by atoms with Gasteiger partial charge in [-0.15, -0.1) is 0 Å². The third-order valence-electron chi connectivity index (χ3n) is 4.04. The van der Waals surface area contributed by atoms with Crippen LogP contribution in [0.2, 0.25) is 0 Å². The minimum atomic E-state index is 0.0853. The number of hydrogen-bond acceptors (Lipinski definition) is 2. The molecule has 1 aromatic carbocycles. The normalized spacial score (nSPS) is 33.5. The van der Waals surface area contributed by atoms with Gasteiger partial charge >= 0.3 is 0 Å². The Morgan fingerprint density at radius 1 is 1.40 bits per heavy atom. The third kappa shape index (κ3) is 1.25. The van der Waals surface area contributed by atoms with Crippen molar-refractivity contribution in [3.63, 3.8) is 0 Å². The number of nitrogens with one attached hydrogen (secondary N) is 1. The molecule has 80 valence electrons. The first-order chi connectivity index (χ1) is 7.36. The first kappa shape index (κ1) is 9.37. The zero-order chi connectivity index (χ0) is 10.3. The van der Waals surface area contributed by atoms with Crippen LogP contribution in [0, 0.1) is 5.41 Å². The molecule has 0 bridgehead atoms. The second kappa shape index (κ2) is 3.32. The van der Waals surface area contributed by atoms with Crippen LogP contribution in [0.25, 0.3) is 0 Å². The molecule has 2 atom stereocenters. The summed E-state index contributed by atoms with van der Waals surface area (Å²) < 4.78 is 0. The van der Waals surface area contributed by atoms with Gasteiger partial charge in [-0.05, 0) is 36.9 Å². The largest absolute Gasteiger partial charge is 0.396 e. The van der Waals surface area contributed by atoms with Crippen LogP contribution in [0.15, 0.2) is 24.3 Å². The first-order valence-corrected chi connectivity index (χ1v) is 5.78. The molecule has 15 heavy (non-hydrogen) atoms. The fourth-order valence-electron chi connectivity index (χ4n) is 3.26. The molecule has 1 heterocycles. The number of benzene rings is 1. The minimum Gasteiger partial charge on any atom is -0.396 e. The molecule has 0 saturated carbocycles. The lowest BCUT2D eigenvalue weighted by atomic mass is 9.75. The van der Waals surface area contributed by atoms with Crippen molar-refractivity contribution in [1.82, 2.24) is 5.32 Å². The molecule has 0 amide bonds. The molecule has 2 aliphatic rings. The molecular formula is C13H17NO. The van der Waals surface area contributed by atoms with Crippen LogP contribution in [0.3, 0.4) is 0 Å². The Kier molecular flexibility index (Phi) is 2.08. The molecule has 2 N–H and O–H groups in total. The fraction of sp³-hybridized carbons (Fsp3) is 0.538. The Balaban J connectivity index is 2.06. The monoisotopic (exact) mass is 203 g/mol. The lowest BCUT2D eigenvalue weighted by Gasteiger charge is -2.39. The van der Waals surface area contributed by atoms with Gasteiger partial charge in [0.1, 0.15) is 0 Å². The lowest BCUT2D eigenvalue weighted by Crippen LogP contribution is -2.43. The maximum absolute atomic E-state index is 9.68. The summed E-state index contributed by atoms with van der Waals surface area (Å²) in [6.45, 7) is 1.39. The lowest BCUT2D eigenvalue weighted by molar-refractivity contribution is 0.0633. The van der Waals surface area contributed by atoms with Gasteiger partial charge in [-0.3, -0.25) is 0 Å². The highest BCUT2D eigenvalue weighted by molar-refractivity contribution is 5.38. The summed E-state index contributed by atoms with van der Waals surface area (Å²) in [5, 5.41) is 13.3. The second-order valence-electron chi connectivity index (χ2n) is 4.89. The highest BCUT2D eigenvalue weighted by Crippen LogP contribution is 2.49. The van der Waals surface area contributed by atoms with Crippen molar-refractivity contribution in [2.75, 3.05) is 13.2 Å². The maximum atomic E-state index is 9.68. The number of aliphatic hydroxyl groups is 1. The van der Waals surface area contributed by atoms with Gasteiger partial charge in [-0.1, -0.05) is 24.3 Å². The van der Waals surface area contributed by atoms with Gasteiger partial charge in [0.25, 0.3) is 0 Å². The van der Waals surface area contributed by atoms with E-state index >= 15 is 0 Å². The smallest absolute Gasteiger partial charge is 0.0508 e. The van der Waals surface area contributed by atoms with E-state index in [1.54, 1.807) is 0 Å². The van der Waals surface area contributed by atoms with Crippen LogP contribution in [-0.4, -0.2) is 18.3 Å². The molecule has 1 saturated heterocycles. The van der Waals surface area contributed by atoms with Gasteiger partial charge in [0.05, 0.1) is 6.61 Å². The van der Waals surface area contributed by atoms with Crippen molar-refractivity contribution in [3.8, 4) is 0 Å². The standard InChI is InChI=1S/C13H17NO/c15-9-13-6-3-7-14-12(13)11-5-2-1-4-10(11)8-13/h1-2,4-5,12,14-15H,3,6-9H2/t12-,13+/m0/s1. The Morgan fingerprint density at radius 2 is 2.27 bits per heavy atom. The summed E-state index contributed by atoms with van der Waals surface area (Å²) in [6.07, 6.45) is 3.37. The Bertz CT molecular complexity index is 377. The molecule has 2 heteroatoms. The molecule has 1 fully saturated rings. The molecule has 1 aromatic rings. The zero-order valence-corrected chi connectivity index (χ0v) is 8.87. The quantitative estimate of drug-likeness (QED) is 0.727. The molecule has 1 aliphatic heterocycles. The van der Waals surface area contributed by atoms with Crippen LogP contribution >= 0.6 is 0 Å². The van der Waals surface area contributed by atoms with Crippen LogP contribution < -0.4 is 5.32 Å². The number of hydrogen-bond donors (Lipinski definition) is 2. The molecule has 0 radical (unpaired) electrons. The third-order valence-corrected chi connectivity index (χ3v) is 4.04. The van der Waals surface area contributed by atoms with Crippen LogP contribution in [-0.2, 0) is 6.42 Å². The van der Waals surface area contributed by atoms with Crippen molar-refractivity contribution in [2.24, 2.45) is 5.41 Å². The van der Waals surface area contributed by atoms with E-state index in [9.17, 15) is 5.11 Å². The van der Waals surface area contributed by atoms with E-state index in [1.807, 2.05) is 0 Å². The highest BCUT2D eigenvalue weighted by atomic mass is 16.3. The topological polar surface area (TPSA) is 32.3 Å². The van der Waals surface area contributed by atoms with Crippen molar-refractivity contribution in [3.05, 3.63) is 35.4 Å². The van der Waals surface area contributed by atoms with E-state index < -0.39 is 0 Å². The number of fused-ring (bicyclic) bond motifs is 3. The molecule has 0 aromatic heterocycles. The first-order valence-electron chi connectivity index (χ1n) is 5.78. The minimum absolute atomic E-state index is 0.0853. The fourth-order valence-corrected chi connectivity index (χ4v) is 3.26. The molecular weight excluding hydrogens is 186 g/mol. The molecule has 0 spiro atoms. The SMILES string of the molecule is OC[C@]12CCCN[C@H]1c1ccccc1C2. The van der Waals surface area contributed by atoms with E-state index in [-0.39, 0.29) is 5.41 Å². The van der Waals surface area contributed by atoms with E-state index in [0.29, 0.717) is 12.6 Å². The van der Waals surface area contributed by atoms with Gasteiger partial charge < -0.3 is 10.4 Å². The zero-order valence-electron chi connectivity index (χ0n) is 8.87. The van der Waals surface area contributed by atoms with Crippen LogP contribution in [0.5, 0.6) is 0 Å². The van der Waals surface area contributed by atoms with Gasteiger partial charge in [-0.2, -0.15) is 0 Å². The predicted octanol–water partition coefficient (Wildman–Crippen LogP) is 1.65. The van der Waals surface area contributed by atoms with Crippen molar-refractivity contribution in [1.29, 1.82) is 0 Å². The summed E-state index contributed by atoms with van der Waals surface area (Å²) in [5.74, 6) is 0. The summed E-state index contributed by atoms with van der Waals surface area (Å²) in [6, 6.07) is 8.99. The van der Waals surface area contributed by atoms with E-state index in [4.69, 9.17) is 0 Å². The van der Waals surface area contributed by atoms with Gasteiger partial charge in [0, 0.05) is 11.5 Å². The van der Waals surface area contributed by atoms with Gasteiger partial charge in [-0.25, -0.2) is 0 Å². The number of piperidine rings is 1.